The van der Waals surface area contributed by atoms with Crippen molar-refractivity contribution >= 4 is 22.7 Å². The molecular formula is C13H11F3N2S. The molecule has 1 aliphatic rings. The van der Waals surface area contributed by atoms with Crippen molar-refractivity contribution in [2.24, 2.45) is 0 Å². The second kappa shape index (κ2) is 4.45. The molecule has 100 valence electrons. The summed E-state index contributed by atoms with van der Waals surface area (Å²) in [5.41, 5.74) is 0.579. The molecular weight excluding hydrogens is 273 g/mol. The van der Waals surface area contributed by atoms with Crippen LogP contribution in [0.1, 0.15) is 16.5 Å². The molecule has 2 heterocycles. The first-order valence-electron chi connectivity index (χ1n) is 5.79. The minimum absolute atomic E-state index is 0.101. The van der Waals surface area contributed by atoms with Gasteiger partial charge in [0, 0.05) is 11.4 Å². The summed E-state index contributed by atoms with van der Waals surface area (Å²) in [6.45, 7) is 0.578. The van der Waals surface area contributed by atoms with Crippen LogP contribution in [0.4, 0.5) is 24.5 Å². The van der Waals surface area contributed by atoms with Gasteiger partial charge in [-0.2, -0.15) is 13.2 Å². The molecule has 19 heavy (non-hydrogen) atoms. The first kappa shape index (κ1) is 12.3. The summed E-state index contributed by atoms with van der Waals surface area (Å²) in [6, 6.07) is 7.80. The lowest BCUT2D eigenvalue weighted by Gasteiger charge is -2.28. The third kappa shape index (κ3) is 2.40. The Hall–Kier alpha value is -1.69. The molecule has 2 nitrogen and oxygen atoms in total. The largest absolute Gasteiger partial charge is 0.416 e. The molecule has 2 aromatic rings. The Balaban J connectivity index is 1.87. The monoisotopic (exact) mass is 284 g/mol. The molecule has 1 aromatic heterocycles. The lowest BCUT2D eigenvalue weighted by molar-refractivity contribution is -0.137. The fourth-order valence-corrected chi connectivity index (χ4v) is 2.88. The normalized spacial score (nSPS) is 18.4. The number of rotatable bonds is 1. The van der Waals surface area contributed by atoms with Gasteiger partial charge in [-0.1, -0.05) is 6.07 Å². The molecule has 1 atom stereocenters. The molecule has 6 heteroatoms. The van der Waals surface area contributed by atoms with E-state index in [1.165, 1.54) is 6.07 Å². The summed E-state index contributed by atoms with van der Waals surface area (Å²) in [4.78, 5) is 1.16. The van der Waals surface area contributed by atoms with Gasteiger partial charge in [-0.25, -0.2) is 0 Å². The van der Waals surface area contributed by atoms with Gasteiger partial charge < -0.3 is 10.6 Å². The number of thiophene rings is 1. The quantitative estimate of drug-likeness (QED) is 0.813. The average Bonchev–Trinajstić information content (AvgIpc) is 2.90. The topological polar surface area (TPSA) is 24.1 Å². The standard InChI is InChI=1S/C13H11F3N2S/c14-13(15,16)8-3-4-9-10(6-8)17-7-11(18-9)12-2-1-5-19-12/h1-6,11,17-18H,7H2. The Morgan fingerprint density at radius 3 is 2.68 bits per heavy atom. The van der Waals surface area contributed by atoms with Gasteiger partial charge >= 0.3 is 6.18 Å². The number of fused-ring (bicyclic) bond motifs is 1. The molecule has 3 rings (SSSR count). The lowest BCUT2D eigenvalue weighted by atomic mass is 10.1. The van der Waals surface area contributed by atoms with E-state index in [2.05, 4.69) is 10.6 Å². The number of alkyl halides is 3. The molecule has 0 radical (unpaired) electrons. The van der Waals surface area contributed by atoms with Crippen LogP contribution in [0.3, 0.4) is 0 Å². The van der Waals surface area contributed by atoms with Crippen molar-refractivity contribution in [3.63, 3.8) is 0 Å². The van der Waals surface area contributed by atoms with E-state index in [1.54, 1.807) is 11.3 Å². The van der Waals surface area contributed by atoms with Crippen LogP contribution in [0.2, 0.25) is 0 Å². The Labute approximate surface area is 112 Å². The summed E-state index contributed by atoms with van der Waals surface area (Å²) < 4.78 is 37.8. The summed E-state index contributed by atoms with van der Waals surface area (Å²) in [7, 11) is 0. The van der Waals surface area contributed by atoms with E-state index in [4.69, 9.17) is 0 Å². The maximum absolute atomic E-state index is 12.6. The van der Waals surface area contributed by atoms with E-state index < -0.39 is 11.7 Å². The Kier molecular flexibility index (Phi) is 2.89. The van der Waals surface area contributed by atoms with Crippen LogP contribution in [0.25, 0.3) is 0 Å². The fraction of sp³-hybridized carbons (Fsp3) is 0.231. The molecule has 0 saturated heterocycles. The molecule has 2 N–H and O–H groups in total. The van der Waals surface area contributed by atoms with Gasteiger partial charge in [0.25, 0.3) is 0 Å². The number of anilines is 2. The number of nitrogens with one attached hydrogen (secondary N) is 2. The number of benzene rings is 1. The predicted molar refractivity (Wildman–Crippen MR) is 70.6 cm³/mol. The number of hydrogen-bond acceptors (Lipinski definition) is 3. The van der Waals surface area contributed by atoms with Crippen molar-refractivity contribution in [1.82, 2.24) is 0 Å². The molecule has 1 aliphatic heterocycles. The molecule has 0 bridgehead atoms. The van der Waals surface area contributed by atoms with Gasteiger partial charge in [0.05, 0.1) is 23.0 Å². The van der Waals surface area contributed by atoms with Crippen LogP contribution in [-0.4, -0.2) is 6.54 Å². The van der Waals surface area contributed by atoms with Gasteiger partial charge in [-0.3, -0.25) is 0 Å². The average molecular weight is 284 g/mol. The zero-order valence-corrected chi connectivity index (χ0v) is 10.6. The second-order valence-corrected chi connectivity index (χ2v) is 5.33. The zero-order valence-electron chi connectivity index (χ0n) is 9.79. The predicted octanol–water partition coefficient (Wildman–Crippen LogP) is 4.35. The Bertz CT molecular complexity index is 578. The van der Waals surface area contributed by atoms with Crippen LogP contribution in [-0.2, 0) is 6.18 Å². The summed E-state index contributed by atoms with van der Waals surface area (Å²) in [5.74, 6) is 0. The maximum Gasteiger partial charge on any atom is 0.416 e. The van der Waals surface area contributed by atoms with E-state index in [0.29, 0.717) is 17.9 Å². The van der Waals surface area contributed by atoms with Crippen LogP contribution < -0.4 is 10.6 Å². The van der Waals surface area contributed by atoms with Gasteiger partial charge in [0.1, 0.15) is 0 Å². The minimum Gasteiger partial charge on any atom is -0.381 e. The molecule has 0 amide bonds. The smallest absolute Gasteiger partial charge is 0.381 e. The van der Waals surface area contributed by atoms with Gasteiger partial charge in [0.2, 0.25) is 0 Å². The second-order valence-electron chi connectivity index (χ2n) is 4.35. The summed E-state index contributed by atoms with van der Waals surface area (Å²) in [5, 5.41) is 8.30. The zero-order chi connectivity index (χ0) is 13.5. The van der Waals surface area contributed by atoms with E-state index in [-0.39, 0.29) is 6.04 Å². The van der Waals surface area contributed by atoms with Gasteiger partial charge in [-0.05, 0) is 29.6 Å². The van der Waals surface area contributed by atoms with E-state index in [1.807, 2.05) is 17.5 Å². The first-order chi connectivity index (χ1) is 9.04. The molecule has 1 aromatic carbocycles. The van der Waals surface area contributed by atoms with Crippen LogP contribution >= 0.6 is 11.3 Å². The molecule has 0 spiro atoms. The highest BCUT2D eigenvalue weighted by atomic mass is 32.1. The summed E-state index contributed by atoms with van der Waals surface area (Å²) >= 11 is 1.63. The van der Waals surface area contributed by atoms with Crippen molar-refractivity contribution in [3.8, 4) is 0 Å². The first-order valence-corrected chi connectivity index (χ1v) is 6.67. The SMILES string of the molecule is FC(F)(F)c1ccc2c(c1)NCC(c1cccs1)N2. The maximum atomic E-state index is 12.6. The van der Waals surface area contributed by atoms with Crippen LogP contribution in [0.15, 0.2) is 35.7 Å². The lowest BCUT2D eigenvalue weighted by Crippen LogP contribution is -2.25. The Morgan fingerprint density at radius 1 is 1.16 bits per heavy atom. The van der Waals surface area contributed by atoms with Crippen molar-refractivity contribution in [2.75, 3.05) is 17.2 Å². The van der Waals surface area contributed by atoms with Gasteiger partial charge in [0.15, 0.2) is 0 Å². The van der Waals surface area contributed by atoms with E-state index in [9.17, 15) is 13.2 Å². The summed E-state index contributed by atoms with van der Waals surface area (Å²) in [6.07, 6.45) is -4.30. The highest BCUT2D eigenvalue weighted by Crippen LogP contribution is 2.37. The van der Waals surface area contributed by atoms with Crippen LogP contribution in [0.5, 0.6) is 0 Å². The number of hydrogen-bond donors (Lipinski definition) is 2. The minimum atomic E-state index is -4.30. The fourth-order valence-electron chi connectivity index (χ4n) is 2.10. The molecule has 0 fully saturated rings. The number of halogens is 3. The Morgan fingerprint density at radius 2 is 2.00 bits per heavy atom. The molecule has 1 unspecified atom stereocenters. The highest BCUT2D eigenvalue weighted by Gasteiger charge is 2.32. The molecule has 0 aliphatic carbocycles. The van der Waals surface area contributed by atoms with E-state index in [0.717, 1.165) is 17.0 Å². The third-order valence-corrected chi connectivity index (χ3v) is 4.05. The third-order valence-electron chi connectivity index (χ3n) is 3.06. The van der Waals surface area contributed by atoms with Crippen molar-refractivity contribution in [2.45, 2.75) is 12.2 Å². The van der Waals surface area contributed by atoms with Crippen molar-refractivity contribution in [1.29, 1.82) is 0 Å². The van der Waals surface area contributed by atoms with Gasteiger partial charge in [-0.15, -0.1) is 11.3 Å². The van der Waals surface area contributed by atoms with E-state index >= 15 is 0 Å². The molecule has 0 saturated carbocycles. The van der Waals surface area contributed by atoms with Crippen molar-refractivity contribution < 1.29 is 13.2 Å². The van der Waals surface area contributed by atoms with Crippen LogP contribution in [0, 0.1) is 0 Å². The van der Waals surface area contributed by atoms with Crippen molar-refractivity contribution in [3.05, 3.63) is 46.2 Å². The highest BCUT2D eigenvalue weighted by molar-refractivity contribution is 7.10.